The first kappa shape index (κ1) is 19.6. The molecule has 0 aliphatic carbocycles. The van der Waals surface area contributed by atoms with Crippen molar-refractivity contribution in [2.75, 3.05) is 18.2 Å². The monoisotopic (exact) mass is 408 g/mol. The largest absolute Gasteiger partial charge is 0.497 e. The van der Waals surface area contributed by atoms with Crippen LogP contribution in [0.1, 0.15) is 6.42 Å². The van der Waals surface area contributed by atoms with E-state index in [2.05, 4.69) is 10.6 Å². The van der Waals surface area contributed by atoms with Crippen LogP contribution >= 0.6 is 11.8 Å². The number of carbonyl (C=O) groups excluding carboxylic acids is 1. The molecule has 0 aliphatic rings. The summed E-state index contributed by atoms with van der Waals surface area (Å²) >= 11 is 1.13. The molecule has 0 unspecified atom stereocenters. The zero-order valence-electron chi connectivity index (χ0n) is 14.7. The zero-order valence-corrected chi connectivity index (χ0v) is 15.5. The third kappa shape index (κ3) is 4.58. The van der Waals surface area contributed by atoms with Crippen LogP contribution in [0.4, 0.5) is 14.5 Å². The van der Waals surface area contributed by atoms with E-state index in [1.54, 1.807) is 31.4 Å². The lowest BCUT2D eigenvalue weighted by molar-refractivity contribution is -0.704. The molecule has 146 valence electrons. The highest BCUT2D eigenvalue weighted by molar-refractivity contribution is 7.99. The third-order valence-electron chi connectivity index (χ3n) is 3.71. The number of carbonyl (C=O) groups is 1. The number of nitrogens with one attached hydrogen (secondary N) is 2. The van der Waals surface area contributed by atoms with Gasteiger partial charge in [-0.3, -0.25) is 9.32 Å². The van der Waals surface area contributed by atoms with E-state index in [9.17, 15) is 18.4 Å². The van der Waals surface area contributed by atoms with Gasteiger partial charge in [0.2, 0.25) is 11.6 Å². The Balaban J connectivity index is 1.61. The maximum atomic E-state index is 13.2. The second-order valence-electron chi connectivity index (χ2n) is 5.59. The SMILES string of the molecule is COc1ccc(-[n+]2[nH]oc(=O)c2SCCC(=O)Nc2ccc(F)c(F)c2)cc1. The Bertz CT molecular complexity index is 1030. The minimum atomic E-state index is -1.04. The fraction of sp³-hybridized carbons (Fsp3) is 0.167. The van der Waals surface area contributed by atoms with Crippen LogP contribution in [0.5, 0.6) is 5.75 Å². The topological polar surface area (TPSA) is 88.2 Å². The minimum Gasteiger partial charge on any atom is -0.497 e. The maximum absolute atomic E-state index is 13.2. The van der Waals surface area contributed by atoms with Crippen LogP contribution in [0.2, 0.25) is 0 Å². The summed E-state index contributed by atoms with van der Waals surface area (Å²) in [4.78, 5) is 23.9. The number of nitrogens with zero attached hydrogens (tertiary/aromatic N) is 1. The summed E-state index contributed by atoms with van der Waals surface area (Å²) in [6, 6.07) is 10.0. The molecule has 2 aromatic carbocycles. The number of halogens is 2. The van der Waals surface area contributed by atoms with Crippen molar-refractivity contribution in [3.05, 3.63) is 64.5 Å². The van der Waals surface area contributed by atoms with Gasteiger partial charge in [0.1, 0.15) is 5.75 Å². The first-order valence-corrected chi connectivity index (χ1v) is 9.12. The van der Waals surface area contributed by atoms with Gasteiger partial charge in [0.05, 0.1) is 7.11 Å². The first-order chi connectivity index (χ1) is 13.5. The van der Waals surface area contributed by atoms with Crippen LogP contribution in [-0.2, 0) is 4.79 Å². The predicted octanol–water partition coefficient (Wildman–Crippen LogP) is 2.65. The molecule has 0 saturated carbocycles. The summed E-state index contributed by atoms with van der Waals surface area (Å²) in [6.07, 6.45) is 0.0525. The van der Waals surface area contributed by atoms with Gasteiger partial charge in [-0.05, 0) is 46.0 Å². The molecular weight excluding hydrogens is 392 g/mol. The van der Waals surface area contributed by atoms with Crippen molar-refractivity contribution in [3.63, 3.8) is 0 Å². The van der Waals surface area contributed by atoms with Crippen molar-refractivity contribution in [1.29, 1.82) is 0 Å². The van der Waals surface area contributed by atoms with Crippen LogP contribution in [0, 0.1) is 11.6 Å². The third-order valence-corrected chi connectivity index (χ3v) is 4.74. The maximum Gasteiger partial charge on any atom is 0.442 e. The minimum absolute atomic E-state index is 0.0525. The van der Waals surface area contributed by atoms with Gasteiger partial charge >= 0.3 is 10.7 Å². The molecule has 0 bridgehead atoms. The Morgan fingerprint density at radius 3 is 2.64 bits per heavy atom. The standard InChI is InChI=1S/C18H15F2N3O4S/c1-26-13-5-3-12(4-6-13)23-17(18(25)27-22-23)28-9-8-16(24)21-11-2-7-14(19)15(20)10-11/h2-7,10H,8-9H2,1H3,(H-,21,22,24,25)/p+1. The van der Waals surface area contributed by atoms with E-state index in [0.29, 0.717) is 11.4 Å². The van der Waals surface area contributed by atoms with Gasteiger partial charge in [-0.15, -0.1) is 0 Å². The van der Waals surface area contributed by atoms with E-state index >= 15 is 0 Å². The fourth-order valence-corrected chi connectivity index (χ4v) is 3.24. The number of benzene rings is 2. The molecule has 7 nitrogen and oxygen atoms in total. The molecule has 0 fully saturated rings. The van der Waals surface area contributed by atoms with Crippen molar-refractivity contribution in [1.82, 2.24) is 5.27 Å². The van der Waals surface area contributed by atoms with Crippen molar-refractivity contribution in [2.24, 2.45) is 0 Å². The average molecular weight is 408 g/mol. The number of rotatable bonds is 7. The van der Waals surface area contributed by atoms with E-state index in [1.165, 1.54) is 10.7 Å². The van der Waals surface area contributed by atoms with Crippen molar-refractivity contribution >= 4 is 23.4 Å². The van der Waals surface area contributed by atoms with Crippen LogP contribution in [0.3, 0.4) is 0 Å². The van der Waals surface area contributed by atoms with Gasteiger partial charge in [0, 0.05) is 36.1 Å². The zero-order chi connectivity index (χ0) is 20.1. The molecule has 1 heterocycles. The molecule has 10 heteroatoms. The number of aromatic amines is 1. The van der Waals surface area contributed by atoms with E-state index in [4.69, 9.17) is 9.26 Å². The predicted molar refractivity (Wildman–Crippen MR) is 97.7 cm³/mol. The van der Waals surface area contributed by atoms with Crippen LogP contribution in [0.15, 0.2) is 56.8 Å². The van der Waals surface area contributed by atoms with Gasteiger partial charge in [-0.2, -0.15) is 0 Å². The second kappa shape index (κ2) is 8.70. The Hall–Kier alpha value is -3.14. The summed E-state index contributed by atoms with van der Waals surface area (Å²) in [7, 11) is 1.55. The number of hydrogen-bond donors (Lipinski definition) is 2. The Labute approximate surface area is 162 Å². The molecule has 1 aromatic heterocycles. The number of amides is 1. The van der Waals surface area contributed by atoms with E-state index in [1.807, 2.05) is 0 Å². The Morgan fingerprint density at radius 1 is 1.21 bits per heavy atom. The molecule has 3 rings (SSSR count). The van der Waals surface area contributed by atoms with Crippen molar-refractivity contribution < 1.29 is 27.5 Å². The average Bonchev–Trinajstić information content (AvgIpc) is 3.05. The van der Waals surface area contributed by atoms with E-state index in [-0.39, 0.29) is 22.9 Å². The van der Waals surface area contributed by atoms with Gasteiger partial charge in [-0.25, -0.2) is 13.6 Å². The lowest BCUT2D eigenvalue weighted by atomic mass is 10.3. The highest BCUT2D eigenvalue weighted by atomic mass is 32.2. The van der Waals surface area contributed by atoms with Crippen LogP contribution in [0.25, 0.3) is 5.69 Å². The molecule has 0 atom stereocenters. The Kier molecular flexibility index (Phi) is 6.09. The normalized spacial score (nSPS) is 10.7. The van der Waals surface area contributed by atoms with Crippen molar-refractivity contribution in [3.8, 4) is 11.4 Å². The summed E-state index contributed by atoms with van der Waals surface area (Å²) in [6.45, 7) is 0. The lowest BCUT2D eigenvalue weighted by Crippen LogP contribution is -2.36. The van der Waals surface area contributed by atoms with Gasteiger partial charge in [-0.1, -0.05) is 0 Å². The summed E-state index contributed by atoms with van der Waals surface area (Å²) in [5.41, 5.74) is 0.241. The van der Waals surface area contributed by atoms with E-state index in [0.717, 1.165) is 23.9 Å². The first-order valence-electron chi connectivity index (χ1n) is 8.13. The molecule has 3 aromatic rings. The number of thioether (sulfide) groups is 1. The fourth-order valence-electron chi connectivity index (χ4n) is 2.33. The summed E-state index contributed by atoms with van der Waals surface area (Å²) < 4.78 is 37.5. The molecular formula is C18H16F2N3O4S+. The van der Waals surface area contributed by atoms with Gasteiger partial charge in [0.15, 0.2) is 11.6 Å². The second-order valence-corrected chi connectivity index (χ2v) is 6.68. The molecule has 0 spiro atoms. The number of hydrogen-bond acceptors (Lipinski definition) is 5. The number of H-pyrrole nitrogens is 1. The van der Waals surface area contributed by atoms with Crippen LogP contribution in [-0.4, -0.2) is 24.0 Å². The van der Waals surface area contributed by atoms with Gasteiger partial charge < -0.3 is 10.1 Å². The lowest BCUT2D eigenvalue weighted by Gasteiger charge is -2.04. The summed E-state index contributed by atoms with van der Waals surface area (Å²) in [5.74, 6) is -1.49. The van der Waals surface area contributed by atoms with Gasteiger partial charge in [0.25, 0.3) is 0 Å². The Morgan fingerprint density at radius 2 is 1.96 bits per heavy atom. The molecule has 28 heavy (non-hydrogen) atoms. The molecule has 0 radical (unpaired) electrons. The summed E-state index contributed by atoms with van der Waals surface area (Å²) in [5, 5.41) is 5.25. The number of aromatic nitrogens is 2. The molecule has 0 aliphatic heterocycles. The number of methoxy groups -OCH3 is 1. The highest BCUT2D eigenvalue weighted by Gasteiger charge is 2.24. The van der Waals surface area contributed by atoms with Crippen LogP contribution < -0.4 is 20.4 Å². The highest BCUT2D eigenvalue weighted by Crippen LogP contribution is 2.17. The quantitative estimate of drug-likeness (QED) is 0.464. The molecule has 2 N–H and O–H groups in total. The number of anilines is 1. The number of ether oxygens (including phenoxy) is 1. The van der Waals surface area contributed by atoms with Crippen molar-refractivity contribution in [2.45, 2.75) is 11.4 Å². The van der Waals surface area contributed by atoms with E-state index < -0.39 is 23.2 Å². The smallest absolute Gasteiger partial charge is 0.442 e. The molecule has 1 amide bonds. The molecule has 0 saturated heterocycles.